The molecule has 1 aromatic heterocycles. The second-order valence-corrected chi connectivity index (χ2v) is 5.69. The zero-order valence-electron chi connectivity index (χ0n) is 12.2. The molecule has 2 N–H and O–H groups in total. The Kier molecular flexibility index (Phi) is 3.80. The van der Waals surface area contributed by atoms with Gasteiger partial charge in [-0.3, -0.25) is 10.1 Å². The van der Waals surface area contributed by atoms with Crippen LogP contribution in [-0.4, -0.2) is 9.91 Å². The van der Waals surface area contributed by atoms with Crippen molar-refractivity contribution in [2.75, 3.05) is 5.73 Å². The van der Waals surface area contributed by atoms with E-state index in [1.165, 1.54) is 12.1 Å². The number of hydrogen-bond donors (Lipinski definition) is 1. The van der Waals surface area contributed by atoms with Crippen molar-refractivity contribution in [3.63, 3.8) is 0 Å². The maximum atomic E-state index is 10.9. The number of rotatable bonds is 3. The number of nitro groups is 1. The molecule has 0 atom stereocenters. The van der Waals surface area contributed by atoms with Gasteiger partial charge >= 0.3 is 0 Å². The topological polar surface area (TPSA) is 91.3 Å². The van der Waals surface area contributed by atoms with E-state index in [0.29, 0.717) is 5.75 Å². The SMILES string of the molecule is CC(C)(C)c1ccccc1Oc1cc([N+](=O)[O-])cc(N)n1. The van der Waals surface area contributed by atoms with Gasteiger partial charge in [0.15, 0.2) is 0 Å². The predicted molar refractivity (Wildman–Crippen MR) is 80.5 cm³/mol. The molecular formula is C15H17N3O3. The maximum absolute atomic E-state index is 10.9. The van der Waals surface area contributed by atoms with Gasteiger partial charge in [0.05, 0.1) is 17.1 Å². The summed E-state index contributed by atoms with van der Waals surface area (Å²) in [6, 6.07) is 9.97. The third-order valence-corrected chi connectivity index (χ3v) is 2.93. The zero-order valence-corrected chi connectivity index (χ0v) is 12.2. The highest BCUT2D eigenvalue weighted by atomic mass is 16.6. The molecule has 1 aromatic carbocycles. The number of hydrogen-bond acceptors (Lipinski definition) is 5. The van der Waals surface area contributed by atoms with E-state index in [4.69, 9.17) is 10.5 Å². The van der Waals surface area contributed by atoms with E-state index in [2.05, 4.69) is 25.8 Å². The zero-order chi connectivity index (χ0) is 15.6. The van der Waals surface area contributed by atoms with Crippen molar-refractivity contribution in [1.82, 2.24) is 4.98 Å². The minimum Gasteiger partial charge on any atom is -0.438 e. The number of aromatic nitrogens is 1. The third kappa shape index (κ3) is 3.47. The quantitative estimate of drug-likeness (QED) is 0.687. The first-order chi connectivity index (χ1) is 9.77. The monoisotopic (exact) mass is 287 g/mol. The molecule has 0 fully saturated rings. The van der Waals surface area contributed by atoms with Gasteiger partial charge < -0.3 is 10.5 Å². The lowest BCUT2D eigenvalue weighted by Crippen LogP contribution is -2.12. The van der Waals surface area contributed by atoms with Crippen LogP contribution >= 0.6 is 0 Å². The second-order valence-electron chi connectivity index (χ2n) is 5.69. The standard InChI is InChI=1S/C15H17N3O3/c1-15(2,3)11-6-4-5-7-12(11)21-14-9-10(18(19)20)8-13(16)17-14/h4-9H,1-3H3,(H2,16,17). The molecule has 1 heterocycles. The Bertz CT molecular complexity index is 678. The second kappa shape index (κ2) is 5.40. The van der Waals surface area contributed by atoms with Crippen LogP contribution in [0.4, 0.5) is 11.5 Å². The molecule has 0 saturated carbocycles. The molecule has 0 amide bonds. The Morgan fingerprint density at radius 1 is 1.24 bits per heavy atom. The molecule has 0 aliphatic carbocycles. The molecule has 0 bridgehead atoms. The Balaban J connectivity index is 2.42. The molecule has 110 valence electrons. The van der Waals surface area contributed by atoms with Gasteiger partial charge in [0.25, 0.3) is 5.69 Å². The van der Waals surface area contributed by atoms with Crippen molar-refractivity contribution < 1.29 is 9.66 Å². The van der Waals surface area contributed by atoms with Crippen LogP contribution < -0.4 is 10.5 Å². The smallest absolute Gasteiger partial charge is 0.278 e. The van der Waals surface area contributed by atoms with Crippen LogP contribution in [0.3, 0.4) is 0 Å². The van der Waals surface area contributed by atoms with E-state index in [1.807, 2.05) is 18.2 Å². The number of nitrogens with zero attached hydrogens (tertiary/aromatic N) is 2. The van der Waals surface area contributed by atoms with Crippen molar-refractivity contribution in [3.8, 4) is 11.6 Å². The van der Waals surface area contributed by atoms with E-state index in [-0.39, 0.29) is 22.8 Å². The number of nitrogens with two attached hydrogens (primary N) is 1. The minimum atomic E-state index is -0.527. The lowest BCUT2D eigenvalue weighted by atomic mass is 9.86. The van der Waals surface area contributed by atoms with Crippen molar-refractivity contribution in [2.45, 2.75) is 26.2 Å². The fourth-order valence-electron chi connectivity index (χ4n) is 1.96. The summed E-state index contributed by atoms with van der Waals surface area (Å²) in [6.07, 6.45) is 0. The molecule has 0 radical (unpaired) electrons. The molecule has 2 aromatic rings. The molecule has 2 rings (SSSR count). The van der Waals surface area contributed by atoms with Gasteiger partial charge in [-0.15, -0.1) is 0 Å². The molecule has 0 aliphatic rings. The summed E-state index contributed by atoms with van der Waals surface area (Å²) in [5.74, 6) is 0.767. The van der Waals surface area contributed by atoms with Gasteiger partial charge in [0, 0.05) is 5.56 Å². The van der Waals surface area contributed by atoms with E-state index in [1.54, 1.807) is 6.07 Å². The maximum Gasteiger partial charge on any atom is 0.278 e. The highest BCUT2D eigenvalue weighted by Crippen LogP contribution is 2.34. The Hall–Kier alpha value is -2.63. The van der Waals surface area contributed by atoms with Gasteiger partial charge in [0.1, 0.15) is 11.6 Å². The highest BCUT2D eigenvalue weighted by Gasteiger charge is 2.20. The van der Waals surface area contributed by atoms with E-state index in [0.717, 1.165) is 5.56 Å². The van der Waals surface area contributed by atoms with Crippen molar-refractivity contribution in [2.24, 2.45) is 0 Å². The molecule has 0 saturated heterocycles. The lowest BCUT2D eigenvalue weighted by molar-refractivity contribution is -0.384. The largest absolute Gasteiger partial charge is 0.438 e. The third-order valence-electron chi connectivity index (χ3n) is 2.93. The summed E-state index contributed by atoms with van der Waals surface area (Å²) in [7, 11) is 0. The van der Waals surface area contributed by atoms with Crippen LogP contribution in [0, 0.1) is 10.1 Å². The van der Waals surface area contributed by atoms with Crippen molar-refractivity contribution in [3.05, 3.63) is 52.1 Å². The molecule has 21 heavy (non-hydrogen) atoms. The minimum absolute atomic E-state index is 0.0486. The summed E-state index contributed by atoms with van der Waals surface area (Å²) in [5, 5.41) is 10.9. The van der Waals surface area contributed by atoms with Crippen LogP contribution in [0.2, 0.25) is 0 Å². The number of pyridine rings is 1. The number of ether oxygens (including phenoxy) is 1. The average molecular weight is 287 g/mol. The first-order valence-electron chi connectivity index (χ1n) is 6.46. The molecule has 0 spiro atoms. The van der Waals surface area contributed by atoms with E-state index < -0.39 is 4.92 Å². The van der Waals surface area contributed by atoms with E-state index >= 15 is 0 Å². The lowest BCUT2D eigenvalue weighted by Gasteiger charge is -2.22. The fraction of sp³-hybridized carbons (Fsp3) is 0.267. The summed E-state index contributed by atoms with van der Waals surface area (Å²) < 4.78 is 5.71. The normalized spacial score (nSPS) is 11.2. The average Bonchev–Trinajstić information content (AvgIpc) is 2.37. The first-order valence-corrected chi connectivity index (χ1v) is 6.46. The van der Waals surface area contributed by atoms with Gasteiger partial charge in [-0.05, 0) is 11.5 Å². The van der Waals surface area contributed by atoms with Crippen LogP contribution in [0.15, 0.2) is 36.4 Å². The van der Waals surface area contributed by atoms with Crippen LogP contribution in [0.25, 0.3) is 0 Å². The summed E-state index contributed by atoms with van der Waals surface area (Å²) in [4.78, 5) is 14.3. The van der Waals surface area contributed by atoms with Crippen molar-refractivity contribution in [1.29, 1.82) is 0 Å². The van der Waals surface area contributed by atoms with Crippen LogP contribution in [0.1, 0.15) is 26.3 Å². The van der Waals surface area contributed by atoms with Crippen LogP contribution in [0.5, 0.6) is 11.6 Å². The van der Waals surface area contributed by atoms with Gasteiger partial charge in [0.2, 0.25) is 5.88 Å². The summed E-state index contributed by atoms with van der Waals surface area (Å²) >= 11 is 0. The fourth-order valence-corrected chi connectivity index (χ4v) is 1.96. The number of anilines is 1. The number of nitrogen functional groups attached to an aromatic ring is 1. The van der Waals surface area contributed by atoms with Gasteiger partial charge in [-0.2, -0.15) is 4.98 Å². The van der Waals surface area contributed by atoms with E-state index in [9.17, 15) is 10.1 Å². The molecule has 0 aliphatic heterocycles. The Labute approximate surface area is 122 Å². The molecule has 6 heteroatoms. The molecule has 0 unspecified atom stereocenters. The van der Waals surface area contributed by atoms with Gasteiger partial charge in [-0.1, -0.05) is 39.0 Å². The highest BCUT2D eigenvalue weighted by molar-refractivity contribution is 5.47. The molecule has 6 nitrogen and oxygen atoms in total. The first kappa shape index (κ1) is 14.8. The molecular weight excluding hydrogens is 270 g/mol. The predicted octanol–water partition coefficient (Wildman–Crippen LogP) is 3.66. The van der Waals surface area contributed by atoms with Crippen LogP contribution in [-0.2, 0) is 5.41 Å². The number of benzene rings is 1. The Morgan fingerprint density at radius 3 is 2.52 bits per heavy atom. The number of para-hydroxylation sites is 1. The summed E-state index contributed by atoms with van der Waals surface area (Å²) in [5.41, 5.74) is 6.29. The Morgan fingerprint density at radius 2 is 1.90 bits per heavy atom. The summed E-state index contributed by atoms with van der Waals surface area (Å²) in [6.45, 7) is 6.18. The van der Waals surface area contributed by atoms with Crippen molar-refractivity contribution >= 4 is 11.5 Å². The van der Waals surface area contributed by atoms with Gasteiger partial charge in [-0.25, -0.2) is 0 Å².